The van der Waals surface area contributed by atoms with Crippen LogP contribution in [0.3, 0.4) is 0 Å². The molecule has 0 spiro atoms. The van der Waals surface area contributed by atoms with Crippen molar-refractivity contribution in [3.05, 3.63) is 44.2 Å². The van der Waals surface area contributed by atoms with Gasteiger partial charge in [0.1, 0.15) is 10.6 Å². The highest BCUT2D eigenvalue weighted by Crippen LogP contribution is 2.30. The first kappa shape index (κ1) is 15.4. The highest BCUT2D eigenvalue weighted by atomic mass is 79.9. The number of nitro benzene ring substituents is 1. The maximum absolute atomic E-state index is 12.4. The maximum Gasteiger partial charge on any atom is 0.294 e. The van der Waals surface area contributed by atoms with Crippen LogP contribution in [0.4, 0.5) is 11.4 Å². The highest BCUT2D eigenvalue weighted by molar-refractivity contribution is 9.10. The lowest BCUT2D eigenvalue weighted by Gasteiger charge is -2.08. The maximum atomic E-state index is 12.4. The Morgan fingerprint density at radius 2 is 2.05 bits per heavy atom. The summed E-state index contributed by atoms with van der Waals surface area (Å²) in [5.74, 6) is 0. The van der Waals surface area contributed by atoms with Crippen molar-refractivity contribution in [1.29, 1.82) is 0 Å². The van der Waals surface area contributed by atoms with Crippen LogP contribution in [0.25, 0.3) is 0 Å². The summed E-state index contributed by atoms with van der Waals surface area (Å²) in [5.41, 5.74) is 0.203. The number of aromatic amines is 1. The molecule has 8 nitrogen and oxygen atoms in total. The molecule has 0 atom stereocenters. The van der Waals surface area contributed by atoms with Crippen molar-refractivity contribution in [3.63, 3.8) is 0 Å². The topological polar surface area (TPSA) is 118 Å². The molecule has 1 aromatic carbocycles. The van der Waals surface area contributed by atoms with Crippen LogP contribution in [0.15, 0.2) is 27.6 Å². The lowest BCUT2D eigenvalue weighted by Crippen LogP contribution is -2.15. The van der Waals surface area contributed by atoms with Gasteiger partial charge in [0.05, 0.1) is 16.3 Å². The average molecular weight is 375 g/mol. The minimum atomic E-state index is -3.96. The number of aryl methyl sites for hydroxylation is 2. The summed E-state index contributed by atoms with van der Waals surface area (Å²) in [5, 5.41) is 17.4. The third-order valence-electron chi connectivity index (χ3n) is 2.73. The van der Waals surface area contributed by atoms with Crippen molar-refractivity contribution in [2.45, 2.75) is 18.7 Å². The zero-order chi connectivity index (χ0) is 15.8. The Bertz CT molecular complexity index is 796. The summed E-state index contributed by atoms with van der Waals surface area (Å²) < 4.78 is 27.4. The number of sulfonamides is 1. The van der Waals surface area contributed by atoms with Crippen molar-refractivity contribution < 1.29 is 13.3 Å². The molecule has 2 rings (SSSR count). The smallest absolute Gasteiger partial charge is 0.281 e. The Balaban J connectivity index is 2.50. The van der Waals surface area contributed by atoms with E-state index in [2.05, 4.69) is 30.8 Å². The number of hydrogen-bond donors (Lipinski definition) is 2. The molecule has 0 aliphatic rings. The van der Waals surface area contributed by atoms with Gasteiger partial charge in [-0.05, 0) is 26.0 Å². The van der Waals surface area contributed by atoms with Crippen LogP contribution in [-0.2, 0) is 10.0 Å². The summed E-state index contributed by atoms with van der Waals surface area (Å²) in [6.45, 7) is 3.10. The number of nitrogens with zero attached hydrogens (tertiary/aromatic N) is 2. The fraction of sp³-hybridized carbons (Fsp3) is 0.182. The second kappa shape index (κ2) is 5.45. The number of hydrogen-bond acceptors (Lipinski definition) is 5. The molecule has 10 heteroatoms. The van der Waals surface area contributed by atoms with E-state index in [9.17, 15) is 18.5 Å². The van der Waals surface area contributed by atoms with Crippen LogP contribution in [0.1, 0.15) is 11.4 Å². The molecule has 0 radical (unpaired) electrons. The second-order valence-corrected chi connectivity index (χ2v) is 6.82. The van der Waals surface area contributed by atoms with Crippen molar-refractivity contribution in [1.82, 2.24) is 10.2 Å². The Labute approximate surface area is 128 Å². The molecule has 0 aliphatic carbocycles. The van der Waals surface area contributed by atoms with E-state index >= 15 is 0 Å². The van der Waals surface area contributed by atoms with Crippen molar-refractivity contribution in [3.8, 4) is 0 Å². The molecule has 0 aliphatic heterocycles. The lowest BCUT2D eigenvalue weighted by atomic mass is 10.3. The van der Waals surface area contributed by atoms with Gasteiger partial charge in [-0.1, -0.05) is 15.9 Å². The number of nitrogens with one attached hydrogen (secondary N) is 2. The molecule has 0 bridgehead atoms. The molecular formula is C11H11BrN4O4S. The molecular weight excluding hydrogens is 364 g/mol. The zero-order valence-corrected chi connectivity index (χ0v) is 13.4. The molecule has 0 saturated carbocycles. The van der Waals surface area contributed by atoms with Gasteiger partial charge in [0.15, 0.2) is 0 Å². The summed E-state index contributed by atoms with van der Waals surface area (Å²) in [6, 6.07) is 4.07. The fourth-order valence-electron chi connectivity index (χ4n) is 1.87. The van der Waals surface area contributed by atoms with E-state index in [-0.39, 0.29) is 16.3 Å². The molecule has 21 heavy (non-hydrogen) atoms. The first-order valence-corrected chi connectivity index (χ1v) is 7.98. The standard InChI is InChI=1S/C11H11BrN4O4S/c1-6-11(7(2)14-13-6)21(19,20)15-9-4-3-8(12)5-10(9)16(17)18/h3-5,15H,1-2H3,(H,13,14). The van der Waals surface area contributed by atoms with E-state index in [1.807, 2.05) is 0 Å². The second-order valence-electron chi connectivity index (χ2n) is 4.29. The Morgan fingerprint density at radius 1 is 1.38 bits per heavy atom. The van der Waals surface area contributed by atoms with Gasteiger partial charge < -0.3 is 0 Å². The van der Waals surface area contributed by atoms with Crippen molar-refractivity contribution in [2.75, 3.05) is 4.72 Å². The van der Waals surface area contributed by atoms with Crippen LogP contribution < -0.4 is 4.72 Å². The molecule has 0 unspecified atom stereocenters. The number of benzene rings is 1. The Morgan fingerprint density at radius 3 is 2.57 bits per heavy atom. The van der Waals surface area contributed by atoms with Crippen LogP contribution in [0, 0.1) is 24.0 Å². The minimum Gasteiger partial charge on any atom is -0.281 e. The summed E-state index contributed by atoms with van der Waals surface area (Å²) in [6.07, 6.45) is 0. The molecule has 2 aromatic rings. The summed E-state index contributed by atoms with van der Waals surface area (Å²) >= 11 is 3.11. The number of aromatic nitrogens is 2. The third kappa shape index (κ3) is 3.05. The normalized spacial score (nSPS) is 11.4. The van der Waals surface area contributed by atoms with Gasteiger partial charge in [0, 0.05) is 10.5 Å². The predicted molar refractivity (Wildman–Crippen MR) is 79.7 cm³/mol. The van der Waals surface area contributed by atoms with Crippen molar-refractivity contribution >= 4 is 37.3 Å². The molecule has 0 amide bonds. The van der Waals surface area contributed by atoms with Crippen LogP contribution in [0.5, 0.6) is 0 Å². The largest absolute Gasteiger partial charge is 0.294 e. The van der Waals surface area contributed by atoms with E-state index < -0.39 is 14.9 Å². The van der Waals surface area contributed by atoms with Gasteiger partial charge in [0.2, 0.25) is 0 Å². The third-order valence-corrected chi connectivity index (χ3v) is 4.85. The van der Waals surface area contributed by atoms with Gasteiger partial charge in [-0.25, -0.2) is 8.42 Å². The molecule has 1 heterocycles. The Hall–Kier alpha value is -1.94. The zero-order valence-electron chi connectivity index (χ0n) is 11.0. The van der Waals surface area contributed by atoms with Crippen LogP contribution >= 0.6 is 15.9 Å². The van der Waals surface area contributed by atoms with E-state index in [4.69, 9.17) is 0 Å². The van der Waals surface area contributed by atoms with Gasteiger partial charge in [-0.15, -0.1) is 0 Å². The van der Waals surface area contributed by atoms with Crippen LogP contribution in [0.2, 0.25) is 0 Å². The average Bonchev–Trinajstić information content (AvgIpc) is 2.71. The fourth-order valence-corrected chi connectivity index (χ4v) is 3.67. The monoisotopic (exact) mass is 374 g/mol. The predicted octanol–water partition coefficient (Wildman–Crippen LogP) is 2.50. The lowest BCUT2D eigenvalue weighted by molar-refractivity contribution is -0.384. The molecule has 2 N–H and O–H groups in total. The number of halogens is 1. The first-order valence-electron chi connectivity index (χ1n) is 5.70. The van der Waals surface area contributed by atoms with E-state index in [1.54, 1.807) is 6.92 Å². The van der Waals surface area contributed by atoms with Gasteiger partial charge >= 0.3 is 0 Å². The number of anilines is 1. The number of H-pyrrole nitrogens is 1. The van der Waals surface area contributed by atoms with E-state index in [0.29, 0.717) is 15.9 Å². The molecule has 0 fully saturated rings. The highest BCUT2D eigenvalue weighted by Gasteiger charge is 2.25. The van der Waals surface area contributed by atoms with Crippen LogP contribution in [-0.4, -0.2) is 23.5 Å². The molecule has 112 valence electrons. The van der Waals surface area contributed by atoms with E-state index in [0.717, 1.165) is 0 Å². The molecule has 1 aromatic heterocycles. The van der Waals surface area contributed by atoms with Gasteiger partial charge in [-0.2, -0.15) is 5.10 Å². The minimum absolute atomic E-state index is 0.0142. The SMILES string of the molecule is Cc1n[nH]c(C)c1S(=O)(=O)Nc1ccc(Br)cc1[N+](=O)[O-]. The first-order chi connectivity index (χ1) is 9.72. The quantitative estimate of drug-likeness (QED) is 0.629. The summed E-state index contributed by atoms with van der Waals surface area (Å²) in [4.78, 5) is 10.3. The van der Waals surface area contributed by atoms with Gasteiger partial charge in [-0.3, -0.25) is 19.9 Å². The summed E-state index contributed by atoms with van der Waals surface area (Å²) in [7, 11) is -3.96. The van der Waals surface area contributed by atoms with Crippen molar-refractivity contribution in [2.24, 2.45) is 0 Å². The number of nitro groups is 1. The Kier molecular flexibility index (Phi) is 4.01. The number of rotatable bonds is 4. The molecule has 0 saturated heterocycles. The van der Waals surface area contributed by atoms with Gasteiger partial charge in [0.25, 0.3) is 15.7 Å². The van der Waals surface area contributed by atoms with E-state index in [1.165, 1.54) is 25.1 Å².